The van der Waals surface area contributed by atoms with Gasteiger partial charge >= 0.3 is 11.9 Å². The van der Waals surface area contributed by atoms with Gasteiger partial charge in [-0.1, -0.05) is 6.42 Å². The van der Waals surface area contributed by atoms with Gasteiger partial charge in [-0.2, -0.15) is 0 Å². The monoisotopic (exact) mass is 825 g/mol. The molecule has 0 amide bonds. The van der Waals surface area contributed by atoms with Crippen molar-refractivity contribution in [3.05, 3.63) is 77.9 Å². The Kier molecular flexibility index (Phi) is 12.6. The highest BCUT2D eigenvalue weighted by atomic mass is 32.1. The van der Waals surface area contributed by atoms with Crippen LogP contribution < -0.4 is 14.2 Å². The fraction of sp³-hybridized carbons (Fsp3) is 0.425. The summed E-state index contributed by atoms with van der Waals surface area (Å²) in [6.07, 6.45) is -14.5. The van der Waals surface area contributed by atoms with Crippen molar-refractivity contribution in [2.45, 2.75) is 80.7 Å². The maximum Gasteiger partial charge on any atom is 0.335 e. The number of piperidine rings is 1. The second kappa shape index (κ2) is 17.6. The van der Waals surface area contributed by atoms with Crippen LogP contribution >= 0.6 is 11.3 Å². The molecule has 0 aliphatic carbocycles. The van der Waals surface area contributed by atoms with Crippen molar-refractivity contribution >= 4 is 39.1 Å². The molecule has 18 heteroatoms. The van der Waals surface area contributed by atoms with Gasteiger partial charge in [0.05, 0.1) is 0 Å². The summed E-state index contributed by atoms with van der Waals surface area (Å²) in [7, 11) is 0. The molecule has 8 N–H and O–H groups in total. The molecular weight excluding hydrogens is 782 g/mol. The Bertz CT molecular complexity index is 2090. The number of benzene rings is 3. The van der Waals surface area contributed by atoms with Crippen LogP contribution in [0.5, 0.6) is 17.2 Å². The van der Waals surface area contributed by atoms with Gasteiger partial charge in [-0.05, 0) is 98.2 Å². The SMILES string of the molecule is O=C(c1ccc(OCCN2CCCCC2)cc1)c1c(-c2ccc(O[C@@H]3O[C@@H](C(=O)O)[C@@H](O)[C@H](O)[C@H]3O)cc2)sc2cc(O[C@H]3O[C@@H](C(=O)O)[C@H](O)[C@@H](O)[C@@H]3O)ccc12. The zero-order valence-corrected chi connectivity index (χ0v) is 31.6. The highest BCUT2D eigenvalue weighted by Crippen LogP contribution is 2.42. The summed E-state index contributed by atoms with van der Waals surface area (Å²) in [5.74, 6) is -2.63. The topological polar surface area (TPSA) is 262 Å². The van der Waals surface area contributed by atoms with Crippen molar-refractivity contribution in [3.8, 4) is 27.7 Å². The molecule has 4 aromatic rings. The number of aliphatic hydroxyl groups is 6. The third-order valence-corrected chi connectivity index (χ3v) is 11.6. The Hall–Kier alpha value is -4.73. The molecule has 3 saturated heterocycles. The van der Waals surface area contributed by atoms with Crippen LogP contribution in [-0.4, -0.2) is 151 Å². The van der Waals surface area contributed by atoms with E-state index < -0.39 is 73.4 Å². The maximum atomic E-state index is 14.4. The zero-order chi connectivity index (χ0) is 41.2. The summed E-state index contributed by atoms with van der Waals surface area (Å²) >= 11 is 1.21. The highest BCUT2D eigenvalue weighted by molar-refractivity contribution is 7.22. The van der Waals surface area contributed by atoms with Gasteiger partial charge in [-0.15, -0.1) is 11.3 Å². The van der Waals surface area contributed by atoms with Gasteiger partial charge in [0.1, 0.15) is 60.5 Å². The second-order valence-electron chi connectivity index (χ2n) is 14.3. The van der Waals surface area contributed by atoms with Crippen LogP contribution in [0.15, 0.2) is 66.7 Å². The largest absolute Gasteiger partial charge is 0.492 e. The number of likely N-dealkylation sites (tertiary alicyclic amines) is 1. The Morgan fingerprint density at radius 3 is 1.76 bits per heavy atom. The third-order valence-electron chi connectivity index (χ3n) is 10.4. The molecule has 0 radical (unpaired) electrons. The summed E-state index contributed by atoms with van der Waals surface area (Å²) in [4.78, 5) is 40.4. The normalized spacial score (nSPS) is 29.1. The number of aliphatic hydroxyl groups excluding tert-OH is 6. The number of nitrogens with zero attached hydrogens (tertiary/aromatic N) is 1. The molecule has 3 aliphatic rings. The number of carbonyl (C=O) groups is 3. The standard InChI is InChI=1S/C40H43NO16S/c42-27(19-4-8-21(9-5-19)53-17-16-41-14-2-1-3-15-41)26-24-13-12-23(55-40-33(48)29(44)31(46)35(57-40)38(51)52)18-25(24)58-36(26)20-6-10-22(11-7-20)54-39-32(47)28(43)30(45)34(56-39)37(49)50/h4-13,18,28-35,39-40,43-48H,1-3,14-17H2,(H,49,50)(H,51,52)/t28-,29+,30-,31+,32+,33-,34+,35+,39+,40-/m0/s1. The lowest BCUT2D eigenvalue weighted by atomic mass is 9.97. The molecule has 0 unspecified atom stereocenters. The summed E-state index contributed by atoms with van der Waals surface area (Å²) in [5, 5.41) is 80.9. The van der Waals surface area contributed by atoms with Gasteiger partial charge in [0.15, 0.2) is 18.0 Å². The minimum Gasteiger partial charge on any atom is -0.492 e. The Balaban J connectivity index is 1.16. The van der Waals surface area contributed by atoms with Crippen molar-refractivity contribution in [3.63, 3.8) is 0 Å². The number of hydrogen-bond acceptors (Lipinski definition) is 16. The van der Waals surface area contributed by atoms with Crippen LogP contribution in [0.3, 0.4) is 0 Å². The van der Waals surface area contributed by atoms with E-state index in [2.05, 4.69) is 4.90 Å². The van der Waals surface area contributed by atoms with Gasteiger partial charge < -0.3 is 64.5 Å². The second-order valence-corrected chi connectivity index (χ2v) is 15.4. The van der Waals surface area contributed by atoms with Gasteiger partial charge in [0.25, 0.3) is 0 Å². The van der Waals surface area contributed by atoms with Crippen LogP contribution in [0.2, 0.25) is 0 Å². The molecule has 58 heavy (non-hydrogen) atoms. The number of carboxylic acids is 2. The summed E-state index contributed by atoms with van der Waals surface area (Å²) < 4.78 is 28.5. The fourth-order valence-corrected chi connectivity index (χ4v) is 8.39. The molecule has 17 nitrogen and oxygen atoms in total. The first-order chi connectivity index (χ1) is 27.8. The zero-order valence-electron chi connectivity index (χ0n) is 30.8. The third kappa shape index (κ3) is 8.67. The van der Waals surface area contributed by atoms with Crippen molar-refractivity contribution < 1.29 is 78.9 Å². The van der Waals surface area contributed by atoms with Crippen molar-refractivity contribution in [2.75, 3.05) is 26.2 Å². The molecule has 4 heterocycles. The molecule has 10 atom stereocenters. The van der Waals surface area contributed by atoms with Crippen molar-refractivity contribution in [1.82, 2.24) is 4.90 Å². The number of carboxylic acid groups (broad SMARTS) is 2. The maximum absolute atomic E-state index is 14.4. The number of ether oxygens (including phenoxy) is 5. The van der Waals surface area contributed by atoms with Gasteiger partial charge in [0.2, 0.25) is 12.6 Å². The van der Waals surface area contributed by atoms with Gasteiger partial charge in [-0.25, -0.2) is 9.59 Å². The first kappa shape index (κ1) is 41.4. The van der Waals surface area contributed by atoms with Crippen LogP contribution in [-0.2, 0) is 19.1 Å². The molecule has 3 aliphatic heterocycles. The molecule has 310 valence electrons. The minimum absolute atomic E-state index is 0.101. The first-order valence-electron chi connectivity index (χ1n) is 18.7. The number of fused-ring (bicyclic) bond motifs is 1. The van der Waals surface area contributed by atoms with E-state index in [1.165, 1.54) is 48.8 Å². The average molecular weight is 826 g/mol. The van der Waals surface area contributed by atoms with Gasteiger partial charge in [-0.3, -0.25) is 9.69 Å². The van der Waals surface area contributed by atoms with Crippen molar-refractivity contribution in [2.24, 2.45) is 0 Å². The Morgan fingerprint density at radius 2 is 1.19 bits per heavy atom. The fourth-order valence-electron chi connectivity index (χ4n) is 7.15. The van der Waals surface area contributed by atoms with E-state index in [1.54, 1.807) is 48.5 Å². The van der Waals surface area contributed by atoms with E-state index in [0.29, 0.717) is 44.0 Å². The van der Waals surface area contributed by atoms with Gasteiger partial charge in [0, 0.05) is 32.6 Å². The molecular formula is C40H43NO16S. The molecule has 0 saturated carbocycles. The van der Waals surface area contributed by atoms with E-state index in [0.717, 1.165) is 19.6 Å². The van der Waals surface area contributed by atoms with E-state index in [4.69, 9.17) is 23.7 Å². The number of rotatable bonds is 13. The number of carbonyl (C=O) groups excluding carboxylic acids is 1. The lowest BCUT2D eigenvalue weighted by molar-refractivity contribution is -0.271. The van der Waals surface area contributed by atoms with Crippen molar-refractivity contribution in [1.29, 1.82) is 0 Å². The quantitative estimate of drug-likeness (QED) is 0.0881. The van der Waals surface area contributed by atoms with E-state index in [9.17, 15) is 55.2 Å². The predicted molar refractivity (Wildman–Crippen MR) is 203 cm³/mol. The van der Waals surface area contributed by atoms with E-state index in [-0.39, 0.29) is 17.3 Å². The van der Waals surface area contributed by atoms with Crippen LogP contribution in [0.25, 0.3) is 20.5 Å². The molecule has 3 fully saturated rings. The molecule has 7 rings (SSSR count). The van der Waals surface area contributed by atoms with Crippen LogP contribution in [0.1, 0.15) is 35.2 Å². The minimum atomic E-state index is -1.90. The summed E-state index contributed by atoms with van der Waals surface area (Å²) in [6.45, 7) is 3.40. The number of ketones is 1. The van der Waals surface area contributed by atoms with E-state index in [1.807, 2.05) is 0 Å². The molecule has 1 aromatic heterocycles. The summed E-state index contributed by atoms with van der Waals surface area (Å²) in [6, 6.07) is 17.7. The Labute approximate surface area is 334 Å². The van der Waals surface area contributed by atoms with Crippen LogP contribution in [0, 0.1) is 0 Å². The molecule has 0 spiro atoms. The lowest BCUT2D eigenvalue weighted by Gasteiger charge is -2.38. The number of hydrogen-bond donors (Lipinski definition) is 8. The number of thiophene rings is 1. The smallest absolute Gasteiger partial charge is 0.335 e. The first-order valence-corrected chi connectivity index (χ1v) is 19.5. The predicted octanol–water partition coefficient (Wildman–Crippen LogP) is 1.21. The van der Waals surface area contributed by atoms with Crippen LogP contribution in [0.4, 0.5) is 0 Å². The average Bonchev–Trinajstić information content (AvgIpc) is 3.60. The lowest BCUT2D eigenvalue weighted by Crippen LogP contribution is -2.61. The summed E-state index contributed by atoms with van der Waals surface area (Å²) in [5.41, 5.74) is 1.24. The Morgan fingerprint density at radius 1 is 0.655 bits per heavy atom. The number of aliphatic carboxylic acids is 2. The van der Waals surface area contributed by atoms with E-state index >= 15 is 0 Å². The molecule has 0 bridgehead atoms. The highest BCUT2D eigenvalue weighted by Gasteiger charge is 2.49. The molecule has 3 aromatic carbocycles.